The molecule has 0 spiro atoms. The van der Waals surface area contributed by atoms with Crippen LogP contribution in [0.4, 0.5) is 0 Å². The third kappa shape index (κ3) is 2.83. The Kier molecular flexibility index (Phi) is 3.77. The van der Waals surface area contributed by atoms with E-state index in [0.29, 0.717) is 31.5 Å². The van der Waals surface area contributed by atoms with Gasteiger partial charge in [0.2, 0.25) is 5.91 Å². The lowest BCUT2D eigenvalue weighted by Crippen LogP contribution is -2.39. The van der Waals surface area contributed by atoms with Crippen LogP contribution in [-0.4, -0.2) is 50.8 Å². The van der Waals surface area contributed by atoms with E-state index in [2.05, 4.69) is 10.2 Å². The Morgan fingerprint density at radius 2 is 1.96 bits per heavy atom. The molecule has 2 atom stereocenters. The second kappa shape index (κ2) is 5.92. The number of carbonyl (C=O) groups excluding carboxylic acids is 1. The molecule has 3 heterocycles. The maximum Gasteiger partial charge on any atom is 0.220 e. The van der Waals surface area contributed by atoms with Crippen molar-refractivity contribution in [1.82, 2.24) is 10.2 Å². The molecule has 1 aromatic carbocycles. The lowest BCUT2D eigenvalue weighted by molar-refractivity contribution is -0.124. The molecule has 4 rings (SSSR count). The molecule has 0 radical (unpaired) electrons. The Balaban J connectivity index is 1.51. The number of methoxy groups -OCH3 is 1. The smallest absolute Gasteiger partial charge is 0.220 e. The van der Waals surface area contributed by atoms with E-state index in [1.54, 1.807) is 7.11 Å². The third-order valence-corrected chi connectivity index (χ3v) is 5.00. The van der Waals surface area contributed by atoms with Gasteiger partial charge in [0.05, 0.1) is 7.11 Å². The minimum absolute atomic E-state index is 0.185. The predicted molar refractivity (Wildman–Crippen MR) is 83.9 cm³/mol. The number of likely N-dealkylation sites (tertiary alicyclic amines) is 1. The SMILES string of the molecule is COc1cc2c(cc1CN1C[C@H]3CC(=O)NC[C@H]3C1)OCCO2. The van der Waals surface area contributed by atoms with Gasteiger partial charge in [0, 0.05) is 44.2 Å². The molecular formula is C17H22N2O4. The van der Waals surface area contributed by atoms with Crippen LogP contribution >= 0.6 is 0 Å². The standard InChI is InChI=1S/C17H22N2O4/c1-21-14-6-16-15(22-2-3-23-16)4-12(14)9-19-8-11-5-17(20)18-7-13(11)10-19/h4,6,11,13H,2-3,5,7-10H2,1H3,(H,18,20)/t11-,13+/m1/s1. The van der Waals surface area contributed by atoms with E-state index in [4.69, 9.17) is 14.2 Å². The number of ether oxygens (including phenoxy) is 3. The molecule has 3 aliphatic heterocycles. The first kappa shape index (κ1) is 14.6. The van der Waals surface area contributed by atoms with Gasteiger partial charge < -0.3 is 19.5 Å². The second-order valence-electron chi connectivity index (χ2n) is 6.53. The van der Waals surface area contributed by atoms with Crippen molar-refractivity contribution in [2.45, 2.75) is 13.0 Å². The molecule has 2 fully saturated rings. The Bertz CT molecular complexity index is 619. The van der Waals surface area contributed by atoms with E-state index in [1.165, 1.54) is 0 Å². The van der Waals surface area contributed by atoms with Crippen molar-refractivity contribution in [1.29, 1.82) is 0 Å². The molecule has 0 aromatic heterocycles. The Morgan fingerprint density at radius 3 is 2.74 bits per heavy atom. The number of benzene rings is 1. The minimum atomic E-state index is 0.185. The molecule has 124 valence electrons. The first-order chi connectivity index (χ1) is 11.2. The molecule has 6 nitrogen and oxygen atoms in total. The average molecular weight is 318 g/mol. The molecule has 0 aliphatic carbocycles. The van der Waals surface area contributed by atoms with Crippen LogP contribution < -0.4 is 19.5 Å². The predicted octanol–water partition coefficient (Wildman–Crippen LogP) is 1.03. The number of carbonyl (C=O) groups is 1. The highest BCUT2D eigenvalue weighted by Crippen LogP contribution is 2.38. The topological polar surface area (TPSA) is 60.0 Å². The summed E-state index contributed by atoms with van der Waals surface area (Å²) in [6.45, 7) is 4.75. The lowest BCUT2D eigenvalue weighted by atomic mass is 9.89. The van der Waals surface area contributed by atoms with E-state index in [1.807, 2.05) is 12.1 Å². The largest absolute Gasteiger partial charge is 0.496 e. The van der Waals surface area contributed by atoms with Crippen LogP contribution in [0.3, 0.4) is 0 Å². The zero-order valence-electron chi connectivity index (χ0n) is 13.3. The van der Waals surface area contributed by atoms with Gasteiger partial charge in [0.25, 0.3) is 0 Å². The van der Waals surface area contributed by atoms with E-state index < -0.39 is 0 Å². The van der Waals surface area contributed by atoms with Gasteiger partial charge in [-0.05, 0) is 17.9 Å². The molecule has 0 bridgehead atoms. The number of amides is 1. The zero-order valence-corrected chi connectivity index (χ0v) is 13.3. The number of piperidine rings is 1. The summed E-state index contributed by atoms with van der Waals surface area (Å²) < 4.78 is 16.8. The van der Waals surface area contributed by atoms with Gasteiger partial charge in [-0.15, -0.1) is 0 Å². The van der Waals surface area contributed by atoms with Crippen LogP contribution in [0.5, 0.6) is 17.2 Å². The minimum Gasteiger partial charge on any atom is -0.496 e. The van der Waals surface area contributed by atoms with Crippen LogP contribution in [0, 0.1) is 11.8 Å². The molecule has 1 aromatic rings. The van der Waals surface area contributed by atoms with Gasteiger partial charge in [-0.1, -0.05) is 0 Å². The van der Waals surface area contributed by atoms with Gasteiger partial charge >= 0.3 is 0 Å². The van der Waals surface area contributed by atoms with Crippen LogP contribution in [0.15, 0.2) is 12.1 Å². The number of fused-ring (bicyclic) bond motifs is 2. The monoisotopic (exact) mass is 318 g/mol. The van der Waals surface area contributed by atoms with Crippen LogP contribution in [-0.2, 0) is 11.3 Å². The van der Waals surface area contributed by atoms with Crippen LogP contribution in [0.1, 0.15) is 12.0 Å². The molecule has 3 aliphatic rings. The van der Waals surface area contributed by atoms with Crippen molar-refractivity contribution in [3.05, 3.63) is 17.7 Å². The first-order valence-electron chi connectivity index (χ1n) is 8.18. The summed E-state index contributed by atoms with van der Waals surface area (Å²) in [5, 5.41) is 2.97. The van der Waals surface area contributed by atoms with E-state index >= 15 is 0 Å². The van der Waals surface area contributed by atoms with Gasteiger partial charge in [-0.2, -0.15) is 0 Å². The molecular weight excluding hydrogens is 296 g/mol. The van der Waals surface area contributed by atoms with Gasteiger partial charge in [-0.3, -0.25) is 9.69 Å². The fourth-order valence-corrected chi connectivity index (χ4v) is 3.85. The fourth-order valence-electron chi connectivity index (χ4n) is 3.85. The van der Waals surface area contributed by atoms with E-state index in [9.17, 15) is 4.79 Å². The van der Waals surface area contributed by atoms with Crippen molar-refractivity contribution in [2.75, 3.05) is 40.0 Å². The van der Waals surface area contributed by atoms with E-state index in [-0.39, 0.29) is 5.91 Å². The summed E-state index contributed by atoms with van der Waals surface area (Å²) in [4.78, 5) is 14.0. The number of rotatable bonds is 3. The summed E-state index contributed by atoms with van der Waals surface area (Å²) in [5.41, 5.74) is 1.11. The zero-order chi connectivity index (χ0) is 15.8. The fraction of sp³-hybridized carbons (Fsp3) is 0.588. The molecule has 0 unspecified atom stereocenters. The number of nitrogens with one attached hydrogen (secondary N) is 1. The lowest BCUT2D eigenvalue weighted by Gasteiger charge is -2.23. The van der Waals surface area contributed by atoms with Crippen molar-refractivity contribution >= 4 is 5.91 Å². The summed E-state index contributed by atoms with van der Waals surface area (Å²) >= 11 is 0. The van der Waals surface area contributed by atoms with Crippen molar-refractivity contribution in [3.63, 3.8) is 0 Å². The van der Waals surface area contributed by atoms with Crippen molar-refractivity contribution in [2.24, 2.45) is 11.8 Å². The summed E-state index contributed by atoms with van der Waals surface area (Å²) in [7, 11) is 1.68. The maximum absolute atomic E-state index is 11.6. The Hall–Kier alpha value is -1.95. The summed E-state index contributed by atoms with van der Waals surface area (Å²) in [6.07, 6.45) is 0.652. The number of nitrogens with zero attached hydrogens (tertiary/aromatic N) is 1. The molecule has 6 heteroatoms. The second-order valence-corrected chi connectivity index (χ2v) is 6.53. The summed E-state index contributed by atoms with van der Waals surface area (Å²) in [5.74, 6) is 3.61. The average Bonchev–Trinajstić information content (AvgIpc) is 2.95. The number of hydrogen-bond donors (Lipinski definition) is 1. The molecule has 23 heavy (non-hydrogen) atoms. The van der Waals surface area contributed by atoms with Crippen LogP contribution in [0.25, 0.3) is 0 Å². The molecule has 2 saturated heterocycles. The first-order valence-corrected chi connectivity index (χ1v) is 8.18. The summed E-state index contributed by atoms with van der Waals surface area (Å²) in [6, 6.07) is 3.94. The highest BCUT2D eigenvalue weighted by molar-refractivity contribution is 5.77. The molecule has 0 saturated carbocycles. The third-order valence-electron chi connectivity index (χ3n) is 5.00. The Morgan fingerprint density at radius 1 is 1.22 bits per heavy atom. The Labute approximate surface area is 135 Å². The quantitative estimate of drug-likeness (QED) is 0.902. The highest BCUT2D eigenvalue weighted by Gasteiger charge is 2.37. The number of hydrogen-bond acceptors (Lipinski definition) is 5. The van der Waals surface area contributed by atoms with Crippen molar-refractivity contribution in [3.8, 4) is 17.2 Å². The van der Waals surface area contributed by atoms with Gasteiger partial charge in [0.1, 0.15) is 19.0 Å². The normalized spacial score (nSPS) is 26.6. The van der Waals surface area contributed by atoms with Gasteiger partial charge in [-0.25, -0.2) is 0 Å². The van der Waals surface area contributed by atoms with Crippen LogP contribution in [0.2, 0.25) is 0 Å². The van der Waals surface area contributed by atoms with Crippen molar-refractivity contribution < 1.29 is 19.0 Å². The maximum atomic E-state index is 11.6. The van der Waals surface area contributed by atoms with Gasteiger partial charge in [0.15, 0.2) is 11.5 Å². The molecule has 1 amide bonds. The van der Waals surface area contributed by atoms with E-state index in [0.717, 1.165) is 49.0 Å². The highest BCUT2D eigenvalue weighted by atomic mass is 16.6. The molecule has 1 N–H and O–H groups in total.